The molecule has 29 heavy (non-hydrogen) atoms. The van der Waals surface area contributed by atoms with Gasteiger partial charge in [-0.3, -0.25) is 4.79 Å². The number of ether oxygens (including phenoxy) is 1. The average Bonchev–Trinajstić information content (AvgIpc) is 3.49. The van der Waals surface area contributed by atoms with Crippen molar-refractivity contribution in [2.75, 3.05) is 19.0 Å². The Kier molecular flexibility index (Phi) is 7.82. The van der Waals surface area contributed by atoms with Gasteiger partial charge < -0.3 is 9.84 Å². The van der Waals surface area contributed by atoms with Crippen molar-refractivity contribution in [3.63, 3.8) is 0 Å². The molecule has 1 amide bonds. The quantitative estimate of drug-likeness (QED) is 0.498. The van der Waals surface area contributed by atoms with Crippen LogP contribution in [0.1, 0.15) is 67.8 Å². The molecule has 8 heteroatoms. The highest BCUT2D eigenvalue weighted by molar-refractivity contribution is 7.90. The molecule has 0 saturated heterocycles. The SMILES string of the molecule is C=CCC(CC)(CC)COc1cc(F)c(C(=O)NS(=O)(=O)CCO)cc1C1CC1. The minimum Gasteiger partial charge on any atom is -0.493 e. The van der Waals surface area contributed by atoms with Crippen molar-refractivity contribution in [3.05, 3.63) is 41.7 Å². The molecule has 0 spiro atoms. The predicted molar refractivity (Wildman–Crippen MR) is 110 cm³/mol. The molecule has 2 rings (SSSR count). The van der Waals surface area contributed by atoms with Crippen molar-refractivity contribution in [1.29, 1.82) is 0 Å². The van der Waals surface area contributed by atoms with Gasteiger partial charge in [-0.2, -0.15) is 0 Å². The molecule has 1 fully saturated rings. The summed E-state index contributed by atoms with van der Waals surface area (Å²) in [5, 5.41) is 8.78. The van der Waals surface area contributed by atoms with Crippen LogP contribution in [0.25, 0.3) is 0 Å². The first kappa shape index (κ1) is 23.3. The number of rotatable bonds is 12. The maximum absolute atomic E-state index is 14.7. The molecule has 0 aromatic heterocycles. The lowest BCUT2D eigenvalue weighted by Crippen LogP contribution is -2.34. The van der Waals surface area contributed by atoms with Crippen LogP contribution in [0.4, 0.5) is 4.39 Å². The number of halogens is 1. The fraction of sp³-hybridized carbons (Fsp3) is 0.571. The minimum absolute atomic E-state index is 0.0898. The Morgan fingerprint density at radius 2 is 2.03 bits per heavy atom. The van der Waals surface area contributed by atoms with Crippen molar-refractivity contribution >= 4 is 15.9 Å². The number of aliphatic hydroxyl groups is 1. The van der Waals surface area contributed by atoms with E-state index in [0.29, 0.717) is 12.4 Å². The molecule has 2 N–H and O–H groups in total. The van der Waals surface area contributed by atoms with Crippen LogP contribution in [-0.2, 0) is 10.0 Å². The molecule has 1 aromatic carbocycles. The standard InChI is InChI=1S/C21H30FNO5S/c1-4-9-21(5-2,6-3)14-28-19-13-18(22)17(12-16(19)15-7-8-15)20(25)23-29(26,27)11-10-24/h4,12-13,15,24H,1,5-11,14H2,2-3H3,(H,23,25). The zero-order chi connectivity index (χ0) is 21.7. The van der Waals surface area contributed by atoms with E-state index >= 15 is 0 Å². The van der Waals surface area contributed by atoms with Crippen LogP contribution in [0.15, 0.2) is 24.8 Å². The Morgan fingerprint density at radius 1 is 1.38 bits per heavy atom. The number of carbonyl (C=O) groups excluding carboxylic acids is 1. The molecule has 0 unspecified atom stereocenters. The monoisotopic (exact) mass is 427 g/mol. The third-order valence-corrected chi connectivity index (χ3v) is 6.80. The maximum Gasteiger partial charge on any atom is 0.267 e. The first-order valence-electron chi connectivity index (χ1n) is 9.93. The van der Waals surface area contributed by atoms with Crippen molar-refractivity contribution in [1.82, 2.24) is 4.72 Å². The maximum atomic E-state index is 14.7. The van der Waals surface area contributed by atoms with E-state index in [4.69, 9.17) is 9.84 Å². The molecule has 1 aromatic rings. The van der Waals surface area contributed by atoms with E-state index in [1.165, 1.54) is 12.1 Å². The molecule has 0 aliphatic heterocycles. The molecule has 0 radical (unpaired) electrons. The van der Waals surface area contributed by atoms with Crippen LogP contribution in [0, 0.1) is 11.2 Å². The first-order chi connectivity index (χ1) is 13.7. The van der Waals surface area contributed by atoms with Gasteiger partial charge in [-0.1, -0.05) is 19.9 Å². The van der Waals surface area contributed by atoms with Gasteiger partial charge in [0.2, 0.25) is 10.0 Å². The summed E-state index contributed by atoms with van der Waals surface area (Å²) in [6, 6.07) is 2.56. The third-order valence-electron chi connectivity index (χ3n) is 5.58. The summed E-state index contributed by atoms with van der Waals surface area (Å²) < 4.78 is 45.9. The average molecular weight is 428 g/mol. The topological polar surface area (TPSA) is 92.7 Å². The summed E-state index contributed by atoms with van der Waals surface area (Å²) in [5.41, 5.74) is 0.285. The molecule has 0 bridgehead atoms. The fourth-order valence-corrected chi connectivity index (χ4v) is 4.03. The van der Waals surface area contributed by atoms with Crippen LogP contribution >= 0.6 is 0 Å². The summed E-state index contributed by atoms with van der Waals surface area (Å²) in [5.74, 6) is -1.95. The number of amides is 1. The molecule has 1 aliphatic rings. The van der Waals surface area contributed by atoms with Gasteiger partial charge in [-0.05, 0) is 49.7 Å². The highest BCUT2D eigenvalue weighted by atomic mass is 32.2. The van der Waals surface area contributed by atoms with Crippen molar-refractivity contribution in [2.45, 2.75) is 51.9 Å². The van der Waals surface area contributed by atoms with Crippen LogP contribution in [0.5, 0.6) is 5.75 Å². The Balaban J connectivity index is 2.28. The largest absolute Gasteiger partial charge is 0.493 e. The molecular weight excluding hydrogens is 397 g/mol. The van der Waals surface area contributed by atoms with Crippen molar-refractivity contribution in [2.24, 2.45) is 5.41 Å². The van der Waals surface area contributed by atoms with E-state index in [2.05, 4.69) is 20.4 Å². The fourth-order valence-electron chi connectivity index (χ4n) is 3.29. The van der Waals surface area contributed by atoms with Crippen LogP contribution in [0.3, 0.4) is 0 Å². The highest BCUT2D eigenvalue weighted by Crippen LogP contribution is 2.45. The second-order valence-electron chi connectivity index (χ2n) is 7.61. The zero-order valence-electron chi connectivity index (χ0n) is 17.0. The Hall–Kier alpha value is -1.93. The Morgan fingerprint density at radius 3 is 2.55 bits per heavy atom. The van der Waals surface area contributed by atoms with Crippen molar-refractivity contribution in [3.8, 4) is 5.75 Å². The van der Waals surface area contributed by atoms with Gasteiger partial charge in [0.25, 0.3) is 5.91 Å². The van der Waals surface area contributed by atoms with Gasteiger partial charge in [0.1, 0.15) is 11.6 Å². The number of carbonyl (C=O) groups is 1. The zero-order valence-corrected chi connectivity index (χ0v) is 17.9. The van der Waals surface area contributed by atoms with E-state index in [0.717, 1.165) is 37.7 Å². The Bertz CT molecular complexity index is 845. The second-order valence-corrected chi connectivity index (χ2v) is 9.45. The Labute approximate surface area is 172 Å². The minimum atomic E-state index is -4.02. The van der Waals surface area contributed by atoms with Crippen LogP contribution < -0.4 is 9.46 Å². The summed E-state index contributed by atoms with van der Waals surface area (Å²) in [6.45, 7) is 7.75. The van der Waals surface area contributed by atoms with Gasteiger partial charge in [-0.25, -0.2) is 17.5 Å². The van der Waals surface area contributed by atoms with E-state index in [1.807, 2.05) is 6.08 Å². The van der Waals surface area contributed by atoms with Gasteiger partial charge in [0.15, 0.2) is 0 Å². The normalized spacial score (nSPS) is 14.5. The smallest absolute Gasteiger partial charge is 0.267 e. The summed E-state index contributed by atoms with van der Waals surface area (Å²) in [7, 11) is -4.02. The molecule has 1 aliphatic carbocycles. The van der Waals surface area contributed by atoms with E-state index in [-0.39, 0.29) is 16.9 Å². The lowest BCUT2D eigenvalue weighted by molar-refractivity contribution is 0.0977. The predicted octanol–water partition coefficient (Wildman–Crippen LogP) is 3.52. The molecule has 162 valence electrons. The number of aliphatic hydroxyl groups excluding tert-OH is 1. The molecule has 1 saturated carbocycles. The number of benzene rings is 1. The van der Waals surface area contributed by atoms with Crippen LogP contribution in [-0.4, -0.2) is 38.4 Å². The van der Waals surface area contributed by atoms with E-state index in [1.54, 1.807) is 4.72 Å². The number of hydrogen-bond donors (Lipinski definition) is 2. The van der Waals surface area contributed by atoms with Gasteiger partial charge in [-0.15, -0.1) is 6.58 Å². The highest BCUT2D eigenvalue weighted by Gasteiger charge is 2.32. The number of allylic oxidation sites excluding steroid dienone is 1. The lowest BCUT2D eigenvalue weighted by atomic mass is 9.80. The summed E-state index contributed by atoms with van der Waals surface area (Å²) in [6.07, 6.45) is 6.24. The third kappa shape index (κ3) is 6.02. The van der Waals surface area contributed by atoms with Gasteiger partial charge >= 0.3 is 0 Å². The number of hydrogen-bond acceptors (Lipinski definition) is 5. The number of sulfonamides is 1. The van der Waals surface area contributed by atoms with E-state index in [9.17, 15) is 17.6 Å². The molecular formula is C21H30FNO5S. The van der Waals surface area contributed by atoms with Crippen molar-refractivity contribution < 1.29 is 27.4 Å². The molecule has 0 heterocycles. The lowest BCUT2D eigenvalue weighted by Gasteiger charge is -2.31. The van der Waals surface area contributed by atoms with Gasteiger partial charge in [0, 0.05) is 11.5 Å². The summed E-state index contributed by atoms with van der Waals surface area (Å²) in [4.78, 5) is 12.3. The molecule has 6 nitrogen and oxygen atoms in total. The second kappa shape index (κ2) is 9.71. The number of nitrogens with one attached hydrogen (secondary N) is 1. The first-order valence-corrected chi connectivity index (χ1v) is 11.6. The summed E-state index contributed by atoms with van der Waals surface area (Å²) >= 11 is 0. The molecule has 0 atom stereocenters. The van der Waals surface area contributed by atoms with E-state index < -0.39 is 34.1 Å². The van der Waals surface area contributed by atoms with Gasteiger partial charge in [0.05, 0.1) is 24.5 Å². The van der Waals surface area contributed by atoms with Crippen LogP contribution in [0.2, 0.25) is 0 Å².